The second-order valence-electron chi connectivity index (χ2n) is 13.5. The molecule has 3 heteroatoms. The first kappa shape index (κ1) is 25.5. The first-order valence-corrected chi connectivity index (χ1v) is 13.6. The van der Waals surface area contributed by atoms with Crippen molar-refractivity contribution in [1.82, 2.24) is 0 Å². The highest BCUT2D eigenvalue weighted by Gasteiger charge is 2.63. The van der Waals surface area contributed by atoms with E-state index in [0.717, 1.165) is 44.1 Å². The van der Waals surface area contributed by atoms with E-state index in [4.69, 9.17) is 0 Å². The maximum Gasteiger partial charge on any atom is 0.306 e. The molecular weight excluding hydrogens is 420 g/mol. The van der Waals surface area contributed by atoms with Crippen LogP contribution < -0.4 is 0 Å². The number of carbonyl (C=O) groups is 2. The minimum absolute atomic E-state index is 0.00984. The number of fused-ring (bicyclic) bond motifs is 5. The first-order valence-electron chi connectivity index (χ1n) is 13.6. The lowest BCUT2D eigenvalue weighted by molar-refractivity contribution is -0.146. The molecule has 0 bridgehead atoms. The van der Waals surface area contributed by atoms with Crippen LogP contribution in [0, 0.1) is 45.3 Å². The van der Waals surface area contributed by atoms with Gasteiger partial charge in [0.25, 0.3) is 0 Å². The molecule has 0 heterocycles. The zero-order valence-corrected chi connectivity index (χ0v) is 22.6. The van der Waals surface area contributed by atoms with Crippen molar-refractivity contribution in [2.45, 2.75) is 99.8 Å². The van der Waals surface area contributed by atoms with Crippen LogP contribution in [0.3, 0.4) is 0 Å². The Hall–Kier alpha value is -1.64. The molecule has 0 amide bonds. The maximum atomic E-state index is 12.8. The van der Waals surface area contributed by atoms with Crippen LogP contribution in [0.2, 0.25) is 0 Å². The fourth-order valence-electron chi connectivity index (χ4n) is 8.62. The standard InChI is InChI=1S/C31H46O3/c1-19(2)20(3)9-10-21(27(33)34)22-13-17-31(8)24-11-12-25-28(4,5)26(32)15-16-29(25,6)23(24)14-18-30(22,31)7/h11,14,19,21-22,25H,3,9-10,12-13,15-18H2,1-2,4-8H3,(H,33,34)/t21?,22-,25+,29-,30-,31+/m1/s1. The third-order valence-corrected chi connectivity index (χ3v) is 11.4. The largest absolute Gasteiger partial charge is 0.481 e. The van der Waals surface area contributed by atoms with E-state index in [1.165, 1.54) is 11.1 Å². The Morgan fingerprint density at radius 2 is 1.79 bits per heavy atom. The summed E-state index contributed by atoms with van der Waals surface area (Å²) in [7, 11) is 0. The molecule has 34 heavy (non-hydrogen) atoms. The molecule has 188 valence electrons. The van der Waals surface area contributed by atoms with Gasteiger partial charge < -0.3 is 5.11 Å². The number of hydrogen-bond donors (Lipinski definition) is 1. The molecule has 0 aromatic carbocycles. The van der Waals surface area contributed by atoms with Gasteiger partial charge >= 0.3 is 5.97 Å². The quantitative estimate of drug-likeness (QED) is 0.407. The summed E-state index contributed by atoms with van der Waals surface area (Å²) in [4.78, 5) is 25.3. The Morgan fingerprint density at radius 1 is 1.12 bits per heavy atom. The van der Waals surface area contributed by atoms with Crippen molar-refractivity contribution in [3.05, 3.63) is 35.5 Å². The Morgan fingerprint density at radius 3 is 2.41 bits per heavy atom. The third-order valence-electron chi connectivity index (χ3n) is 11.4. The van der Waals surface area contributed by atoms with Gasteiger partial charge in [-0.3, -0.25) is 9.59 Å². The van der Waals surface area contributed by atoms with Crippen molar-refractivity contribution in [1.29, 1.82) is 0 Å². The van der Waals surface area contributed by atoms with Gasteiger partial charge in [-0.05, 0) is 90.1 Å². The molecule has 2 fully saturated rings. The Bertz CT molecular complexity index is 965. The lowest BCUT2D eigenvalue weighted by Gasteiger charge is -2.59. The first-order chi connectivity index (χ1) is 15.7. The minimum Gasteiger partial charge on any atom is -0.481 e. The predicted molar refractivity (Wildman–Crippen MR) is 138 cm³/mol. The predicted octanol–water partition coefficient (Wildman–Crippen LogP) is 7.77. The van der Waals surface area contributed by atoms with Crippen LogP contribution in [0.25, 0.3) is 0 Å². The molecule has 0 saturated heterocycles. The van der Waals surface area contributed by atoms with E-state index in [-0.39, 0.29) is 33.5 Å². The van der Waals surface area contributed by atoms with Gasteiger partial charge in [0, 0.05) is 11.8 Å². The van der Waals surface area contributed by atoms with Crippen molar-refractivity contribution in [3.63, 3.8) is 0 Å². The summed E-state index contributed by atoms with van der Waals surface area (Å²) in [6.07, 6.45) is 11.9. The van der Waals surface area contributed by atoms with Gasteiger partial charge in [0.05, 0.1) is 5.92 Å². The van der Waals surface area contributed by atoms with Gasteiger partial charge in [0.2, 0.25) is 0 Å². The summed E-state index contributed by atoms with van der Waals surface area (Å²) in [6.45, 7) is 20.0. The lowest BCUT2D eigenvalue weighted by Crippen LogP contribution is -2.53. The van der Waals surface area contributed by atoms with Gasteiger partial charge in [-0.1, -0.05) is 72.8 Å². The number of carboxylic acids is 1. The van der Waals surface area contributed by atoms with E-state index < -0.39 is 5.97 Å². The molecule has 4 aliphatic carbocycles. The summed E-state index contributed by atoms with van der Waals surface area (Å²) < 4.78 is 0. The molecule has 3 nitrogen and oxygen atoms in total. The topological polar surface area (TPSA) is 54.4 Å². The smallest absolute Gasteiger partial charge is 0.306 e. The maximum absolute atomic E-state index is 12.8. The van der Waals surface area contributed by atoms with Crippen LogP contribution in [0.4, 0.5) is 0 Å². The fourth-order valence-corrected chi connectivity index (χ4v) is 8.62. The highest BCUT2D eigenvalue weighted by Crippen LogP contribution is 2.71. The average molecular weight is 467 g/mol. The SMILES string of the molecule is C=C(CCC(C(=O)O)[C@H]1CC[C@@]2(C)C3=CC[C@H]4C(C)(C)C(=O)CC[C@]4(C)C3=CC[C@]12C)C(C)C. The lowest BCUT2D eigenvalue weighted by atomic mass is 9.44. The molecule has 0 aliphatic heterocycles. The Kier molecular flexibility index (Phi) is 6.14. The number of ketones is 1. The van der Waals surface area contributed by atoms with E-state index in [1.54, 1.807) is 0 Å². The number of allylic oxidation sites excluding steroid dienone is 5. The summed E-state index contributed by atoms with van der Waals surface area (Å²) in [5, 5.41) is 10.3. The average Bonchev–Trinajstić information content (AvgIpc) is 3.02. The monoisotopic (exact) mass is 466 g/mol. The Labute approximate surface area is 207 Å². The molecule has 4 rings (SSSR count). The Balaban J connectivity index is 1.69. The van der Waals surface area contributed by atoms with E-state index in [9.17, 15) is 14.7 Å². The van der Waals surface area contributed by atoms with Gasteiger partial charge in [-0.25, -0.2) is 0 Å². The van der Waals surface area contributed by atoms with E-state index >= 15 is 0 Å². The highest BCUT2D eigenvalue weighted by molar-refractivity contribution is 5.86. The van der Waals surface area contributed by atoms with Crippen LogP contribution in [0.5, 0.6) is 0 Å². The molecular formula is C31H46O3. The number of carbonyl (C=O) groups excluding carboxylic acids is 1. The van der Waals surface area contributed by atoms with Gasteiger partial charge in [0.1, 0.15) is 5.78 Å². The number of carboxylic acid groups (broad SMARTS) is 1. The molecule has 0 aromatic rings. The summed E-state index contributed by atoms with van der Waals surface area (Å²) >= 11 is 0. The van der Waals surface area contributed by atoms with Crippen LogP contribution in [0.1, 0.15) is 99.8 Å². The van der Waals surface area contributed by atoms with Crippen molar-refractivity contribution in [2.75, 3.05) is 0 Å². The number of hydrogen-bond acceptors (Lipinski definition) is 2. The molecule has 2 saturated carbocycles. The van der Waals surface area contributed by atoms with Crippen LogP contribution in [-0.4, -0.2) is 16.9 Å². The molecule has 0 radical (unpaired) electrons. The van der Waals surface area contributed by atoms with E-state index in [0.29, 0.717) is 30.5 Å². The normalized spacial score (nSPS) is 39.5. The van der Waals surface area contributed by atoms with Crippen LogP contribution in [-0.2, 0) is 9.59 Å². The van der Waals surface area contributed by atoms with Gasteiger partial charge in [-0.15, -0.1) is 0 Å². The summed E-state index contributed by atoms with van der Waals surface area (Å²) in [5.41, 5.74) is 3.78. The highest BCUT2D eigenvalue weighted by atomic mass is 16.4. The molecule has 1 N–H and O–H groups in total. The number of Topliss-reactive ketones (excluding diaryl/α,β-unsaturated/α-hetero) is 1. The second-order valence-corrected chi connectivity index (χ2v) is 13.5. The van der Waals surface area contributed by atoms with Crippen molar-refractivity contribution >= 4 is 11.8 Å². The van der Waals surface area contributed by atoms with E-state index in [2.05, 4.69) is 67.2 Å². The molecule has 0 spiro atoms. The molecule has 0 aromatic heterocycles. The zero-order valence-electron chi connectivity index (χ0n) is 22.6. The van der Waals surface area contributed by atoms with Gasteiger partial charge in [0.15, 0.2) is 0 Å². The second kappa shape index (κ2) is 8.20. The van der Waals surface area contributed by atoms with Crippen molar-refractivity contribution < 1.29 is 14.7 Å². The third kappa shape index (κ3) is 3.43. The summed E-state index contributed by atoms with van der Waals surface area (Å²) in [5.74, 6) is 0.355. The van der Waals surface area contributed by atoms with Crippen molar-refractivity contribution in [3.8, 4) is 0 Å². The van der Waals surface area contributed by atoms with Crippen molar-refractivity contribution in [2.24, 2.45) is 45.3 Å². The molecule has 6 atom stereocenters. The van der Waals surface area contributed by atoms with Gasteiger partial charge in [-0.2, -0.15) is 0 Å². The zero-order chi connectivity index (χ0) is 25.3. The van der Waals surface area contributed by atoms with Crippen LogP contribution >= 0.6 is 0 Å². The number of rotatable bonds is 6. The summed E-state index contributed by atoms with van der Waals surface area (Å²) in [6, 6.07) is 0. The van der Waals surface area contributed by atoms with Crippen LogP contribution in [0.15, 0.2) is 35.5 Å². The minimum atomic E-state index is -0.640. The van der Waals surface area contributed by atoms with E-state index in [1.807, 2.05) is 0 Å². The number of aliphatic carboxylic acids is 1. The molecule has 1 unspecified atom stereocenters. The molecule has 4 aliphatic rings. The fraction of sp³-hybridized carbons (Fsp3) is 0.742.